The topological polar surface area (TPSA) is 97.2 Å². The molecule has 1 aromatic carbocycles. The Hall–Kier alpha value is -2.09. The minimum absolute atomic E-state index is 0.291. The molecule has 4 atom stereocenters. The van der Waals surface area contributed by atoms with E-state index in [4.69, 9.17) is 37.9 Å². The molecule has 7 nitrogen and oxygen atoms in total. The highest BCUT2D eigenvalue weighted by Gasteiger charge is 2.60. The van der Waals surface area contributed by atoms with E-state index >= 15 is 0 Å². The van der Waals surface area contributed by atoms with E-state index in [1.807, 2.05) is 0 Å². The minimum Gasteiger partial charge on any atom is -0.481 e. The Morgan fingerprint density at radius 1 is 1.22 bits per heavy atom. The second-order valence-corrected chi connectivity index (χ2v) is 7.60. The van der Waals surface area contributed by atoms with Gasteiger partial charge in [0, 0.05) is 21.7 Å². The van der Waals surface area contributed by atoms with E-state index < -0.39 is 35.5 Å². The third-order valence-corrected chi connectivity index (χ3v) is 5.42. The van der Waals surface area contributed by atoms with Crippen LogP contribution in [-0.2, 0) is 19.2 Å². The van der Waals surface area contributed by atoms with Crippen LogP contribution in [0.2, 0.25) is 10.0 Å². The number of hydrogen-bond donors (Lipinski definition) is 2. The molecule has 1 amide bonds. The van der Waals surface area contributed by atoms with Crippen molar-refractivity contribution >= 4 is 40.8 Å². The van der Waals surface area contributed by atoms with Gasteiger partial charge in [-0.05, 0) is 31.0 Å². The predicted molar refractivity (Wildman–Crippen MR) is 97.7 cm³/mol. The van der Waals surface area contributed by atoms with Crippen molar-refractivity contribution in [2.45, 2.75) is 24.7 Å². The molecule has 4 rings (SSSR count). The fraction of sp³-hybridized carbons (Fsp3) is 0.389. The molecule has 1 aliphatic carbocycles. The normalized spacial score (nSPS) is 31.3. The van der Waals surface area contributed by atoms with Crippen LogP contribution in [0, 0.1) is 11.8 Å². The lowest BCUT2D eigenvalue weighted by molar-refractivity contribution is -0.211. The molecular weight excluding hydrogens is 395 g/mol. The van der Waals surface area contributed by atoms with Crippen molar-refractivity contribution in [3.05, 3.63) is 46.0 Å². The van der Waals surface area contributed by atoms with Gasteiger partial charge in [0.15, 0.2) is 0 Å². The van der Waals surface area contributed by atoms with Gasteiger partial charge < -0.3 is 20.0 Å². The second-order valence-electron chi connectivity index (χ2n) is 6.73. The summed E-state index contributed by atoms with van der Waals surface area (Å²) in [5, 5.41) is 16.9. The Bertz CT molecular complexity index is 851. The summed E-state index contributed by atoms with van der Waals surface area (Å²) < 4.78 is 5.67. The average molecular weight is 411 g/mol. The summed E-state index contributed by atoms with van der Waals surface area (Å²) in [6, 6.07) is 4.63. The van der Waals surface area contributed by atoms with Crippen LogP contribution in [0.25, 0.3) is 0 Å². The van der Waals surface area contributed by atoms with E-state index in [9.17, 15) is 9.59 Å². The first-order valence-electron chi connectivity index (χ1n) is 8.47. The Labute approximate surface area is 164 Å². The molecule has 0 spiro atoms. The molecule has 3 aliphatic rings. The van der Waals surface area contributed by atoms with Crippen molar-refractivity contribution in [2.24, 2.45) is 17.0 Å². The molecule has 2 heterocycles. The summed E-state index contributed by atoms with van der Waals surface area (Å²) in [5.74, 6) is -3.97. The SMILES string of the molecule is O=C(O)[C@@H]1C=C[C@H](NC(=O)C23OCCC2C(c2cc(Cl)cc(Cl)c2)=NO3)C1. The quantitative estimate of drug-likeness (QED) is 0.743. The van der Waals surface area contributed by atoms with Crippen LogP contribution in [0.4, 0.5) is 0 Å². The lowest BCUT2D eigenvalue weighted by Crippen LogP contribution is -2.53. The van der Waals surface area contributed by atoms with E-state index in [0.29, 0.717) is 40.8 Å². The monoisotopic (exact) mass is 410 g/mol. The number of oxime groups is 1. The first kappa shape index (κ1) is 18.3. The van der Waals surface area contributed by atoms with E-state index in [1.54, 1.807) is 30.4 Å². The fourth-order valence-electron chi connectivity index (χ4n) is 3.69. The van der Waals surface area contributed by atoms with Crippen molar-refractivity contribution in [3.63, 3.8) is 0 Å². The molecule has 1 fully saturated rings. The Morgan fingerprint density at radius 2 is 1.96 bits per heavy atom. The Morgan fingerprint density at radius 3 is 2.63 bits per heavy atom. The highest BCUT2D eigenvalue weighted by molar-refractivity contribution is 6.35. The van der Waals surface area contributed by atoms with Gasteiger partial charge >= 0.3 is 11.8 Å². The zero-order valence-electron chi connectivity index (χ0n) is 14.0. The number of halogens is 2. The van der Waals surface area contributed by atoms with Crippen molar-refractivity contribution < 1.29 is 24.3 Å². The van der Waals surface area contributed by atoms with Crippen LogP contribution in [0.1, 0.15) is 18.4 Å². The van der Waals surface area contributed by atoms with Crippen molar-refractivity contribution in [1.29, 1.82) is 0 Å². The molecule has 0 radical (unpaired) electrons. The van der Waals surface area contributed by atoms with E-state index in [1.165, 1.54) is 0 Å². The largest absolute Gasteiger partial charge is 0.481 e. The van der Waals surface area contributed by atoms with Crippen LogP contribution in [-0.4, -0.2) is 41.1 Å². The minimum atomic E-state index is -1.56. The van der Waals surface area contributed by atoms with Gasteiger partial charge in [-0.15, -0.1) is 0 Å². The number of carbonyl (C=O) groups is 2. The number of carbonyl (C=O) groups excluding carboxylic acids is 1. The van der Waals surface area contributed by atoms with Crippen LogP contribution in [0.5, 0.6) is 0 Å². The Kier molecular flexibility index (Phi) is 4.61. The number of carboxylic acids is 1. The molecule has 142 valence electrons. The number of fused-ring (bicyclic) bond motifs is 1. The zero-order chi connectivity index (χ0) is 19.2. The number of nitrogens with zero attached hydrogens (tertiary/aromatic N) is 1. The zero-order valence-corrected chi connectivity index (χ0v) is 15.5. The molecule has 0 aromatic heterocycles. The second kappa shape index (κ2) is 6.82. The number of nitrogens with one attached hydrogen (secondary N) is 1. The highest BCUT2D eigenvalue weighted by Crippen LogP contribution is 2.42. The maximum Gasteiger partial charge on any atom is 0.324 e. The van der Waals surface area contributed by atoms with Crippen molar-refractivity contribution in [3.8, 4) is 0 Å². The first-order chi connectivity index (χ1) is 12.9. The van der Waals surface area contributed by atoms with Gasteiger partial charge in [-0.25, -0.2) is 0 Å². The number of hydrogen-bond acceptors (Lipinski definition) is 5. The van der Waals surface area contributed by atoms with E-state index in [0.717, 1.165) is 0 Å². The molecule has 1 saturated heterocycles. The Balaban J connectivity index is 1.53. The lowest BCUT2D eigenvalue weighted by Gasteiger charge is -2.26. The van der Waals surface area contributed by atoms with E-state index in [2.05, 4.69) is 10.5 Å². The fourth-order valence-corrected chi connectivity index (χ4v) is 4.21. The third kappa shape index (κ3) is 3.20. The summed E-state index contributed by atoms with van der Waals surface area (Å²) in [7, 11) is 0. The number of benzene rings is 1. The molecule has 9 heteroatoms. The number of rotatable bonds is 4. The number of carboxylic acid groups (broad SMARTS) is 1. The van der Waals surface area contributed by atoms with Crippen molar-refractivity contribution in [2.75, 3.05) is 6.61 Å². The maximum atomic E-state index is 12.9. The number of amides is 1. The molecule has 27 heavy (non-hydrogen) atoms. The molecule has 2 aliphatic heterocycles. The van der Waals surface area contributed by atoms with Crippen molar-refractivity contribution in [1.82, 2.24) is 5.32 Å². The smallest absolute Gasteiger partial charge is 0.324 e. The van der Waals surface area contributed by atoms with Crippen LogP contribution < -0.4 is 5.32 Å². The van der Waals surface area contributed by atoms with Gasteiger partial charge in [0.1, 0.15) is 0 Å². The summed E-state index contributed by atoms with van der Waals surface area (Å²) in [6.07, 6.45) is 4.09. The summed E-state index contributed by atoms with van der Waals surface area (Å²) in [4.78, 5) is 29.5. The molecular formula is C18H16Cl2N2O5. The van der Waals surface area contributed by atoms with Crippen LogP contribution in [0.15, 0.2) is 35.5 Å². The number of ether oxygens (including phenoxy) is 1. The summed E-state index contributed by atoms with van der Waals surface area (Å²) in [6.45, 7) is 0.337. The molecule has 0 saturated carbocycles. The molecule has 0 bridgehead atoms. The van der Waals surface area contributed by atoms with E-state index in [-0.39, 0.29) is 0 Å². The third-order valence-electron chi connectivity index (χ3n) is 4.98. The van der Waals surface area contributed by atoms with Gasteiger partial charge in [-0.2, -0.15) is 0 Å². The average Bonchev–Trinajstić information content (AvgIpc) is 3.28. The predicted octanol–water partition coefficient (Wildman–Crippen LogP) is 2.61. The molecule has 2 unspecified atom stereocenters. The van der Waals surface area contributed by atoms with Gasteiger partial charge in [-0.1, -0.05) is 40.5 Å². The van der Waals surface area contributed by atoms with Crippen LogP contribution >= 0.6 is 23.2 Å². The molecule has 1 aromatic rings. The first-order valence-corrected chi connectivity index (χ1v) is 9.23. The van der Waals surface area contributed by atoms with Gasteiger partial charge in [0.25, 0.3) is 5.91 Å². The standard InChI is InChI=1S/C18H16Cl2N2O5/c19-11-5-10(6-12(20)8-11)15-14-3-4-26-18(14,27-22-15)17(25)21-13-2-1-9(7-13)16(23)24/h1-2,5-6,8-9,13-14H,3-4,7H2,(H,21,25)(H,23,24)/t9-,13+,14?,18?/m1/s1. The maximum absolute atomic E-state index is 12.9. The number of aliphatic carboxylic acids is 1. The van der Waals surface area contributed by atoms with Gasteiger partial charge in [0.2, 0.25) is 0 Å². The summed E-state index contributed by atoms with van der Waals surface area (Å²) >= 11 is 12.1. The highest BCUT2D eigenvalue weighted by atomic mass is 35.5. The van der Waals surface area contributed by atoms with Gasteiger partial charge in [-0.3, -0.25) is 9.59 Å². The van der Waals surface area contributed by atoms with Crippen LogP contribution in [0.3, 0.4) is 0 Å². The summed E-state index contributed by atoms with van der Waals surface area (Å²) in [5.41, 5.74) is 1.22. The lowest BCUT2D eigenvalue weighted by atomic mass is 9.88. The van der Waals surface area contributed by atoms with Gasteiger partial charge in [0.05, 0.1) is 24.2 Å². The molecule has 2 N–H and O–H groups in total.